The summed E-state index contributed by atoms with van der Waals surface area (Å²) in [5, 5.41) is 7.53. The molecule has 0 bridgehead atoms. The van der Waals surface area contributed by atoms with E-state index >= 15 is 0 Å². The lowest BCUT2D eigenvalue weighted by Gasteiger charge is -2.26. The molecule has 32 heavy (non-hydrogen) atoms. The third-order valence-corrected chi connectivity index (χ3v) is 7.72. The number of hydrogen-bond donors (Lipinski definition) is 2. The quantitative estimate of drug-likeness (QED) is 0.532. The van der Waals surface area contributed by atoms with Crippen molar-refractivity contribution in [3.8, 4) is 0 Å². The number of nitrogens with one attached hydrogen (secondary N) is 2. The van der Waals surface area contributed by atoms with Crippen LogP contribution in [0.5, 0.6) is 0 Å². The summed E-state index contributed by atoms with van der Waals surface area (Å²) in [5.74, 6) is -0.481. The summed E-state index contributed by atoms with van der Waals surface area (Å²) < 4.78 is 32.2. The van der Waals surface area contributed by atoms with Crippen molar-refractivity contribution in [1.29, 1.82) is 0 Å². The number of likely N-dealkylation sites (N-methyl/N-ethyl adjacent to an activating group) is 1. The molecule has 0 radical (unpaired) electrons. The van der Waals surface area contributed by atoms with Crippen molar-refractivity contribution in [1.82, 2.24) is 14.5 Å². The molecule has 1 fully saturated rings. The van der Waals surface area contributed by atoms with Crippen LogP contribution in [-0.4, -0.2) is 75.4 Å². The zero-order chi connectivity index (χ0) is 23.0. The minimum absolute atomic E-state index is 0.0172. The van der Waals surface area contributed by atoms with Gasteiger partial charge in [-0.15, -0.1) is 11.3 Å². The van der Waals surface area contributed by atoms with E-state index in [0.29, 0.717) is 45.1 Å². The molecular formula is C21H28N4O5S2. The SMILES string of the molecule is CCN(CC(=O)NCc1cccs1)CC(=O)Nc1cccc(S(=O)(=O)N2CCOCC2)c1. The number of carbonyl (C=O) groups is 2. The Balaban J connectivity index is 1.54. The van der Waals surface area contributed by atoms with Gasteiger partial charge < -0.3 is 15.4 Å². The molecule has 2 heterocycles. The minimum Gasteiger partial charge on any atom is -0.379 e. The molecule has 1 aliphatic rings. The van der Waals surface area contributed by atoms with Gasteiger partial charge in [0, 0.05) is 23.7 Å². The third-order valence-electron chi connectivity index (χ3n) is 4.95. The second kappa shape index (κ2) is 11.5. The first-order valence-corrected chi connectivity index (χ1v) is 12.7. The van der Waals surface area contributed by atoms with E-state index in [4.69, 9.17) is 4.74 Å². The maximum Gasteiger partial charge on any atom is 0.243 e. The number of anilines is 1. The van der Waals surface area contributed by atoms with Crippen LogP contribution in [0.2, 0.25) is 0 Å². The monoisotopic (exact) mass is 480 g/mol. The second-order valence-corrected chi connectivity index (χ2v) is 10.2. The first-order chi connectivity index (χ1) is 15.4. The van der Waals surface area contributed by atoms with Crippen molar-refractivity contribution < 1.29 is 22.7 Å². The highest BCUT2D eigenvalue weighted by atomic mass is 32.2. The van der Waals surface area contributed by atoms with Gasteiger partial charge in [0.2, 0.25) is 21.8 Å². The summed E-state index contributed by atoms with van der Waals surface area (Å²) in [5.41, 5.74) is 0.391. The zero-order valence-electron chi connectivity index (χ0n) is 18.0. The normalized spacial score (nSPS) is 14.9. The Labute approximate surface area is 192 Å². The van der Waals surface area contributed by atoms with Crippen LogP contribution in [0.1, 0.15) is 11.8 Å². The third kappa shape index (κ3) is 6.84. The van der Waals surface area contributed by atoms with Crippen LogP contribution in [0.15, 0.2) is 46.7 Å². The molecule has 1 aromatic heterocycles. The minimum atomic E-state index is -3.65. The molecule has 0 spiro atoms. The number of morpholine rings is 1. The van der Waals surface area contributed by atoms with Crippen molar-refractivity contribution in [2.75, 3.05) is 51.3 Å². The van der Waals surface area contributed by atoms with Crippen LogP contribution in [0.25, 0.3) is 0 Å². The number of benzene rings is 1. The number of nitrogens with zero attached hydrogens (tertiary/aromatic N) is 2. The summed E-state index contributed by atoms with van der Waals surface area (Å²) in [4.78, 5) is 27.6. The van der Waals surface area contributed by atoms with Gasteiger partial charge in [-0.1, -0.05) is 19.1 Å². The van der Waals surface area contributed by atoms with E-state index in [1.54, 1.807) is 28.4 Å². The molecular weight excluding hydrogens is 452 g/mol. The van der Waals surface area contributed by atoms with Crippen LogP contribution in [0.3, 0.4) is 0 Å². The van der Waals surface area contributed by atoms with Crippen molar-refractivity contribution in [3.05, 3.63) is 46.7 Å². The van der Waals surface area contributed by atoms with E-state index in [2.05, 4.69) is 10.6 Å². The van der Waals surface area contributed by atoms with Crippen LogP contribution in [0, 0.1) is 0 Å². The van der Waals surface area contributed by atoms with Gasteiger partial charge in [-0.25, -0.2) is 8.42 Å². The van der Waals surface area contributed by atoms with Crippen molar-refractivity contribution in [2.45, 2.75) is 18.4 Å². The van der Waals surface area contributed by atoms with E-state index < -0.39 is 10.0 Å². The van der Waals surface area contributed by atoms with E-state index in [-0.39, 0.29) is 29.8 Å². The molecule has 2 amide bonds. The predicted octanol–water partition coefficient (Wildman–Crippen LogP) is 1.35. The highest BCUT2D eigenvalue weighted by Gasteiger charge is 2.26. The van der Waals surface area contributed by atoms with Crippen LogP contribution in [0.4, 0.5) is 5.69 Å². The molecule has 2 aromatic rings. The van der Waals surface area contributed by atoms with Gasteiger partial charge in [0.15, 0.2) is 0 Å². The largest absolute Gasteiger partial charge is 0.379 e. The van der Waals surface area contributed by atoms with E-state index in [1.807, 2.05) is 24.4 Å². The maximum atomic E-state index is 12.8. The Morgan fingerprint density at radius 1 is 1.12 bits per heavy atom. The van der Waals surface area contributed by atoms with Crippen LogP contribution >= 0.6 is 11.3 Å². The molecule has 0 aliphatic carbocycles. The number of rotatable bonds is 10. The number of sulfonamides is 1. The van der Waals surface area contributed by atoms with Gasteiger partial charge in [-0.3, -0.25) is 14.5 Å². The van der Waals surface area contributed by atoms with Crippen LogP contribution < -0.4 is 10.6 Å². The molecule has 0 saturated carbocycles. The number of hydrogen-bond acceptors (Lipinski definition) is 7. The topological polar surface area (TPSA) is 108 Å². The summed E-state index contributed by atoms with van der Waals surface area (Å²) >= 11 is 1.57. The maximum absolute atomic E-state index is 12.8. The Bertz CT molecular complexity index is 1000. The van der Waals surface area contributed by atoms with Gasteiger partial charge in [-0.05, 0) is 36.2 Å². The lowest BCUT2D eigenvalue weighted by atomic mass is 10.3. The summed E-state index contributed by atoms with van der Waals surface area (Å²) in [6, 6.07) is 10.1. The number of thiophene rings is 1. The smallest absolute Gasteiger partial charge is 0.243 e. The van der Waals surface area contributed by atoms with E-state index in [9.17, 15) is 18.0 Å². The average molecular weight is 481 g/mol. The first-order valence-electron chi connectivity index (χ1n) is 10.4. The number of ether oxygens (including phenoxy) is 1. The summed E-state index contributed by atoms with van der Waals surface area (Å²) in [7, 11) is -3.65. The molecule has 0 unspecified atom stereocenters. The lowest BCUT2D eigenvalue weighted by molar-refractivity contribution is -0.123. The van der Waals surface area contributed by atoms with Gasteiger partial charge in [-0.2, -0.15) is 4.31 Å². The molecule has 1 saturated heterocycles. The molecule has 3 rings (SSSR count). The van der Waals surface area contributed by atoms with E-state index in [0.717, 1.165) is 4.88 Å². The standard InChI is InChI=1S/C21H28N4O5S2/c1-2-24(15-20(26)22-14-18-6-4-12-31-18)16-21(27)23-17-5-3-7-19(13-17)32(28,29)25-8-10-30-11-9-25/h3-7,12-13H,2,8-11,14-16H2,1H3,(H,22,26)(H,23,27). The zero-order valence-corrected chi connectivity index (χ0v) is 19.6. The van der Waals surface area contributed by atoms with Gasteiger partial charge in [0.05, 0.1) is 37.7 Å². The van der Waals surface area contributed by atoms with Crippen molar-refractivity contribution in [3.63, 3.8) is 0 Å². The van der Waals surface area contributed by atoms with E-state index in [1.165, 1.54) is 16.4 Å². The van der Waals surface area contributed by atoms with Gasteiger partial charge >= 0.3 is 0 Å². The Morgan fingerprint density at radius 2 is 1.88 bits per heavy atom. The fourth-order valence-electron chi connectivity index (χ4n) is 3.21. The number of carbonyl (C=O) groups excluding carboxylic acids is 2. The molecule has 0 atom stereocenters. The highest BCUT2D eigenvalue weighted by molar-refractivity contribution is 7.89. The number of amides is 2. The Hall–Kier alpha value is -2.31. The van der Waals surface area contributed by atoms with Crippen molar-refractivity contribution in [2.24, 2.45) is 0 Å². The van der Waals surface area contributed by atoms with Crippen molar-refractivity contribution >= 4 is 38.9 Å². The molecule has 2 N–H and O–H groups in total. The Morgan fingerprint density at radius 3 is 2.56 bits per heavy atom. The molecule has 1 aliphatic heterocycles. The first kappa shape index (κ1) is 24.3. The van der Waals surface area contributed by atoms with Crippen LogP contribution in [-0.2, 0) is 30.9 Å². The summed E-state index contributed by atoms with van der Waals surface area (Å²) in [6.07, 6.45) is 0. The fraction of sp³-hybridized carbons (Fsp3) is 0.429. The molecule has 9 nitrogen and oxygen atoms in total. The average Bonchev–Trinajstić information content (AvgIpc) is 3.32. The highest BCUT2D eigenvalue weighted by Crippen LogP contribution is 2.20. The van der Waals surface area contributed by atoms with Gasteiger partial charge in [0.1, 0.15) is 0 Å². The molecule has 1 aromatic carbocycles. The fourth-order valence-corrected chi connectivity index (χ4v) is 5.31. The predicted molar refractivity (Wildman–Crippen MR) is 123 cm³/mol. The Kier molecular flexibility index (Phi) is 8.76. The van der Waals surface area contributed by atoms with Gasteiger partial charge in [0.25, 0.3) is 0 Å². The molecule has 174 valence electrons. The lowest BCUT2D eigenvalue weighted by Crippen LogP contribution is -2.41. The molecule has 11 heteroatoms. The summed E-state index contributed by atoms with van der Waals surface area (Å²) in [6.45, 7) is 4.31. The second-order valence-electron chi connectivity index (χ2n) is 7.25.